The predicted molar refractivity (Wildman–Crippen MR) is 72.1 cm³/mol. The van der Waals surface area contributed by atoms with Crippen molar-refractivity contribution in [3.05, 3.63) is 41.9 Å². The van der Waals surface area contributed by atoms with Crippen LogP contribution in [0.25, 0.3) is 0 Å². The van der Waals surface area contributed by atoms with Gasteiger partial charge >= 0.3 is 0 Å². The van der Waals surface area contributed by atoms with E-state index < -0.39 is 0 Å². The molecule has 3 N–H and O–H groups in total. The summed E-state index contributed by atoms with van der Waals surface area (Å²) >= 11 is 0. The fourth-order valence-electron chi connectivity index (χ4n) is 1.80. The molecule has 0 bridgehead atoms. The van der Waals surface area contributed by atoms with Crippen molar-refractivity contribution < 1.29 is 4.79 Å². The van der Waals surface area contributed by atoms with E-state index in [1.54, 1.807) is 18.5 Å². The van der Waals surface area contributed by atoms with Gasteiger partial charge in [0.15, 0.2) is 0 Å². The second kappa shape index (κ2) is 5.99. The molecule has 100 valence electrons. The molecule has 0 aliphatic rings. The van der Waals surface area contributed by atoms with Crippen LogP contribution in [-0.2, 0) is 24.3 Å². The van der Waals surface area contributed by atoms with Crippen molar-refractivity contribution in [3.63, 3.8) is 0 Å². The number of pyridine rings is 1. The van der Waals surface area contributed by atoms with Gasteiger partial charge in [0, 0.05) is 12.4 Å². The molecule has 1 amide bonds. The topological polar surface area (TPSA) is 85.8 Å². The van der Waals surface area contributed by atoms with Crippen LogP contribution in [0.15, 0.2) is 30.6 Å². The second-order valence-corrected chi connectivity index (χ2v) is 4.18. The Bertz CT molecular complexity index is 564. The third-order valence-corrected chi connectivity index (χ3v) is 2.79. The van der Waals surface area contributed by atoms with Crippen molar-refractivity contribution in [1.29, 1.82) is 0 Å². The van der Waals surface area contributed by atoms with Crippen molar-refractivity contribution in [2.45, 2.75) is 26.4 Å². The van der Waals surface area contributed by atoms with Gasteiger partial charge in [0.05, 0.1) is 12.2 Å². The monoisotopic (exact) mass is 259 g/mol. The van der Waals surface area contributed by atoms with Gasteiger partial charge in [-0.15, -0.1) is 0 Å². The van der Waals surface area contributed by atoms with Crippen LogP contribution in [0.2, 0.25) is 0 Å². The van der Waals surface area contributed by atoms with Crippen molar-refractivity contribution in [2.75, 3.05) is 5.73 Å². The highest BCUT2D eigenvalue weighted by atomic mass is 16.2. The summed E-state index contributed by atoms with van der Waals surface area (Å²) in [7, 11) is 0. The van der Waals surface area contributed by atoms with E-state index in [0.29, 0.717) is 12.4 Å². The first-order valence-electron chi connectivity index (χ1n) is 6.17. The number of amides is 1. The van der Waals surface area contributed by atoms with E-state index in [1.807, 2.05) is 12.1 Å². The molecule has 19 heavy (non-hydrogen) atoms. The number of nitrogens with one attached hydrogen (secondary N) is 1. The van der Waals surface area contributed by atoms with Crippen LogP contribution in [0, 0.1) is 0 Å². The molecule has 0 atom stereocenters. The molecule has 0 aliphatic carbocycles. The minimum atomic E-state index is -0.115. The summed E-state index contributed by atoms with van der Waals surface area (Å²) in [6, 6.07) is 5.57. The van der Waals surface area contributed by atoms with Gasteiger partial charge < -0.3 is 11.1 Å². The molecule has 0 saturated heterocycles. The fraction of sp³-hybridized carbons (Fsp3) is 0.308. The zero-order valence-electron chi connectivity index (χ0n) is 10.8. The standard InChI is InChI=1S/C13H17N5O/c1-2-10-4-3-6-15-11(10)8-16-13(19)9-18-7-5-12(14)17-18/h3-7H,2,8-9H2,1H3,(H2,14,17)(H,16,19). The molecule has 0 unspecified atom stereocenters. The van der Waals surface area contributed by atoms with E-state index in [-0.39, 0.29) is 12.5 Å². The highest BCUT2D eigenvalue weighted by Crippen LogP contribution is 2.05. The summed E-state index contributed by atoms with van der Waals surface area (Å²) in [6.07, 6.45) is 4.30. The molecule has 6 heteroatoms. The zero-order valence-corrected chi connectivity index (χ0v) is 10.8. The molecule has 0 radical (unpaired) electrons. The molecule has 0 spiro atoms. The second-order valence-electron chi connectivity index (χ2n) is 4.18. The third-order valence-electron chi connectivity index (χ3n) is 2.79. The Morgan fingerprint density at radius 1 is 1.47 bits per heavy atom. The third kappa shape index (κ3) is 3.54. The first-order chi connectivity index (χ1) is 9.19. The van der Waals surface area contributed by atoms with Crippen molar-refractivity contribution in [1.82, 2.24) is 20.1 Å². The Labute approximate surface area is 111 Å². The van der Waals surface area contributed by atoms with Gasteiger partial charge in [0.2, 0.25) is 5.91 Å². The van der Waals surface area contributed by atoms with Gasteiger partial charge in [-0.1, -0.05) is 13.0 Å². The highest BCUT2D eigenvalue weighted by molar-refractivity contribution is 5.75. The number of rotatable bonds is 5. The van der Waals surface area contributed by atoms with Gasteiger partial charge in [-0.2, -0.15) is 5.10 Å². The van der Waals surface area contributed by atoms with Crippen LogP contribution in [0.1, 0.15) is 18.2 Å². The Morgan fingerprint density at radius 3 is 3.00 bits per heavy atom. The molecule has 0 aliphatic heterocycles. The Balaban J connectivity index is 1.89. The molecule has 2 aromatic rings. The summed E-state index contributed by atoms with van der Waals surface area (Å²) in [5.41, 5.74) is 7.53. The van der Waals surface area contributed by atoms with E-state index in [0.717, 1.165) is 17.7 Å². The molecule has 2 rings (SSSR count). The van der Waals surface area contributed by atoms with Crippen molar-refractivity contribution in [3.8, 4) is 0 Å². The van der Waals surface area contributed by atoms with Crippen LogP contribution in [0.5, 0.6) is 0 Å². The van der Waals surface area contributed by atoms with Gasteiger partial charge in [0.25, 0.3) is 0 Å². The SMILES string of the molecule is CCc1cccnc1CNC(=O)Cn1ccc(N)n1. The van der Waals surface area contributed by atoms with Crippen LogP contribution >= 0.6 is 0 Å². The molecule has 2 aromatic heterocycles. The number of aromatic nitrogens is 3. The number of carbonyl (C=O) groups is 1. The number of hydrogen-bond donors (Lipinski definition) is 2. The lowest BCUT2D eigenvalue weighted by Crippen LogP contribution is -2.28. The predicted octanol–water partition coefficient (Wildman–Crippen LogP) is 0.739. The van der Waals surface area contributed by atoms with E-state index in [9.17, 15) is 4.79 Å². The zero-order chi connectivity index (χ0) is 13.7. The smallest absolute Gasteiger partial charge is 0.242 e. The van der Waals surface area contributed by atoms with Crippen LogP contribution in [-0.4, -0.2) is 20.7 Å². The number of anilines is 1. The Hall–Kier alpha value is -2.37. The molecule has 0 aromatic carbocycles. The minimum absolute atomic E-state index is 0.115. The quantitative estimate of drug-likeness (QED) is 0.829. The first-order valence-corrected chi connectivity index (χ1v) is 6.17. The van der Waals surface area contributed by atoms with Crippen LogP contribution in [0.3, 0.4) is 0 Å². The summed E-state index contributed by atoms with van der Waals surface area (Å²) in [4.78, 5) is 16.0. The number of carbonyl (C=O) groups excluding carboxylic acids is 1. The lowest BCUT2D eigenvalue weighted by atomic mass is 10.1. The number of nitrogens with two attached hydrogens (primary N) is 1. The Morgan fingerprint density at radius 2 is 2.32 bits per heavy atom. The minimum Gasteiger partial charge on any atom is -0.382 e. The number of nitrogens with zero attached hydrogens (tertiary/aromatic N) is 3. The average Bonchev–Trinajstić information content (AvgIpc) is 2.82. The lowest BCUT2D eigenvalue weighted by Gasteiger charge is -2.08. The Kier molecular flexibility index (Phi) is 4.12. The average molecular weight is 259 g/mol. The molecule has 0 saturated carbocycles. The fourth-order valence-corrected chi connectivity index (χ4v) is 1.80. The number of nitrogen functional groups attached to an aromatic ring is 1. The maximum Gasteiger partial charge on any atom is 0.242 e. The van der Waals surface area contributed by atoms with Crippen molar-refractivity contribution >= 4 is 11.7 Å². The van der Waals surface area contributed by atoms with Gasteiger partial charge in [-0.05, 0) is 24.1 Å². The van der Waals surface area contributed by atoms with Gasteiger partial charge in [-0.25, -0.2) is 0 Å². The number of hydrogen-bond acceptors (Lipinski definition) is 4. The first kappa shape index (κ1) is 13.1. The summed E-state index contributed by atoms with van der Waals surface area (Å²) in [5, 5.41) is 6.79. The van der Waals surface area contributed by atoms with E-state index in [4.69, 9.17) is 5.73 Å². The summed E-state index contributed by atoms with van der Waals surface area (Å²) in [5.74, 6) is 0.293. The molecule has 6 nitrogen and oxygen atoms in total. The highest BCUT2D eigenvalue weighted by Gasteiger charge is 2.06. The van der Waals surface area contributed by atoms with E-state index in [2.05, 4.69) is 22.3 Å². The van der Waals surface area contributed by atoms with Crippen molar-refractivity contribution in [2.24, 2.45) is 0 Å². The van der Waals surface area contributed by atoms with Gasteiger partial charge in [0.1, 0.15) is 12.4 Å². The van der Waals surface area contributed by atoms with Gasteiger partial charge in [-0.3, -0.25) is 14.5 Å². The van der Waals surface area contributed by atoms with Crippen LogP contribution in [0.4, 0.5) is 5.82 Å². The van der Waals surface area contributed by atoms with E-state index >= 15 is 0 Å². The number of aryl methyl sites for hydroxylation is 1. The molecular formula is C13H17N5O. The normalized spacial score (nSPS) is 10.4. The molecule has 2 heterocycles. The summed E-state index contributed by atoms with van der Waals surface area (Å²) in [6.45, 7) is 2.65. The van der Waals surface area contributed by atoms with Crippen LogP contribution < -0.4 is 11.1 Å². The lowest BCUT2D eigenvalue weighted by molar-refractivity contribution is -0.122. The molecule has 0 fully saturated rings. The maximum atomic E-state index is 11.8. The molecular weight excluding hydrogens is 242 g/mol. The summed E-state index contributed by atoms with van der Waals surface area (Å²) < 4.78 is 1.50. The van der Waals surface area contributed by atoms with E-state index in [1.165, 1.54) is 4.68 Å². The largest absolute Gasteiger partial charge is 0.382 e. The maximum absolute atomic E-state index is 11.8.